The van der Waals surface area contributed by atoms with E-state index in [1.807, 2.05) is 0 Å². The Balaban J connectivity index is 2.01. The van der Waals surface area contributed by atoms with Gasteiger partial charge in [-0.1, -0.05) is 22.0 Å². The van der Waals surface area contributed by atoms with Crippen LogP contribution < -0.4 is 10.3 Å². The Kier molecular flexibility index (Phi) is 3.76. The average Bonchev–Trinajstić information content (AvgIpc) is 2.46. The van der Waals surface area contributed by atoms with Crippen LogP contribution in [0, 0.1) is 0 Å². The van der Waals surface area contributed by atoms with Crippen molar-refractivity contribution in [1.82, 2.24) is 0 Å². The highest BCUT2D eigenvalue weighted by atomic mass is 79.9. The summed E-state index contributed by atoms with van der Waals surface area (Å²) in [7, 11) is -3.72. The molecule has 2 aromatic carbocycles. The molecule has 112 valence electrons. The zero-order valence-corrected chi connectivity index (χ0v) is 13.5. The predicted octanol–water partition coefficient (Wildman–Crippen LogP) is 3.36. The third-order valence-electron chi connectivity index (χ3n) is 2.98. The number of hydrogen-bond acceptors (Lipinski definition) is 4. The lowest BCUT2D eigenvalue weighted by Gasteiger charge is -2.09. The lowest BCUT2D eigenvalue weighted by Crippen LogP contribution is -2.12. The Hall–Kier alpha value is -2.12. The van der Waals surface area contributed by atoms with E-state index < -0.39 is 15.6 Å². The average molecular weight is 380 g/mol. The van der Waals surface area contributed by atoms with Crippen LogP contribution in [0.4, 0.5) is 5.69 Å². The number of anilines is 1. The Morgan fingerprint density at radius 2 is 1.82 bits per heavy atom. The minimum atomic E-state index is -3.72. The van der Waals surface area contributed by atoms with Gasteiger partial charge in [-0.15, -0.1) is 0 Å². The summed E-state index contributed by atoms with van der Waals surface area (Å²) in [5, 5.41) is 0.539. The molecule has 3 aromatic rings. The van der Waals surface area contributed by atoms with Gasteiger partial charge in [-0.3, -0.25) is 4.72 Å². The molecule has 0 atom stereocenters. The predicted molar refractivity (Wildman–Crippen MR) is 87.4 cm³/mol. The molecule has 0 amide bonds. The van der Waals surface area contributed by atoms with Crippen LogP contribution in [0.5, 0.6) is 0 Å². The van der Waals surface area contributed by atoms with Crippen molar-refractivity contribution in [3.8, 4) is 0 Å². The third kappa shape index (κ3) is 3.05. The van der Waals surface area contributed by atoms with Gasteiger partial charge in [0.2, 0.25) is 0 Å². The molecule has 1 aromatic heterocycles. The maximum absolute atomic E-state index is 12.4. The normalized spacial score (nSPS) is 11.5. The molecule has 5 nitrogen and oxygen atoms in total. The van der Waals surface area contributed by atoms with E-state index in [2.05, 4.69) is 20.7 Å². The molecular weight excluding hydrogens is 370 g/mol. The summed E-state index contributed by atoms with van der Waals surface area (Å²) in [5.41, 5.74) is 0.318. The molecule has 3 rings (SSSR count). The summed E-state index contributed by atoms with van der Waals surface area (Å²) in [6.07, 6.45) is 0. The van der Waals surface area contributed by atoms with Crippen molar-refractivity contribution in [3.05, 3.63) is 69.5 Å². The van der Waals surface area contributed by atoms with E-state index in [9.17, 15) is 13.2 Å². The van der Waals surface area contributed by atoms with Crippen molar-refractivity contribution in [2.75, 3.05) is 4.72 Å². The fourth-order valence-electron chi connectivity index (χ4n) is 1.98. The quantitative estimate of drug-likeness (QED) is 0.707. The first-order valence-corrected chi connectivity index (χ1v) is 8.54. The second kappa shape index (κ2) is 5.58. The van der Waals surface area contributed by atoms with Gasteiger partial charge in [0.1, 0.15) is 5.58 Å². The van der Waals surface area contributed by atoms with E-state index in [1.54, 1.807) is 24.3 Å². The van der Waals surface area contributed by atoms with Crippen molar-refractivity contribution < 1.29 is 12.8 Å². The number of sulfonamides is 1. The fourth-order valence-corrected chi connectivity index (χ4v) is 3.47. The van der Waals surface area contributed by atoms with Gasteiger partial charge in [-0.2, -0.15) is 0 Å². The first-order chi connectivity index (χ1) is 10.4. The monoisotopic (exact) mass is 379 g/mol. The van der Waals surface area contributed by atoms with Crippen LogP contribution in [0.3, 0.4) is 0 Å². The topological polar surface area (TPSA) is 76.4 Å². The number of halogens is 1. The minimum absolute atomic E-state index is 0.0915. The van der Waals surface area contributed by atoms with Crippen molar-refractivity contribution >= 4 is 42.6 Å². The third-order valence-corrected chi connectivity index (χ3v) is 4.85. The van der Waals surface area contributed by atoms with Gasteiger partial charge < -0.3 is 4.42 Å². The van der Waals surface area contributed by atoms with Gasteiger partial charge >= 0.3 is 5.63 Å². The Morgan fingerprint density at radius 1 is 1.00 bits per heavy atom. The highest BCUT2D eigenvalue weighted by Crippen LogP contribution is 2.22. The van der Waals surface area contributed by atoms with Gasteiger partial charge in [-0.25, -0.2) is 13.2 Å². The molecule has 0 saturated carbocycles. The minimum Gasteiger partial charge on any atom is -0.423 e. The van der Waals surface area contributed by atoms with Crippen LogP contribution in [0.1, 0.15) is 0 Å². The summed E-state index contributed by atoms with van der Waals surface area (Å²) >= 11 is 3.29. The number of nitrogens with one attached hydrogen (secondary N) is 1. The summed E-state index contributed by atoms with van der Waals surface area (Å²) in [6, 6.07) is 13.9. The highest BCUT2D eigenvalue weighted by Gasteiger charge is 2.15. The molecule has 0 radical (unpaired) electrons. The second-order valence-corrected chi connectivity index (χ2v) is 7.17. The lowest BCUT2D eigenvalue weighted by atomic mass is 10.2. The summed E-state index contributed by atoms with van der Waals surface area (Å²) in [5.74, 6) is 0. The van der Waals surface area contributed by atoms with Crippen LogP contribution in [0.25, 0.3) is 11.0 Å². The molecule has 0 aliphatic heterocycles. The van der Waals surface area contributed by atoms with Gasteiger partial charge in [0.25, 0.3) is 10.0 Å². The summed E-state index contributed by atoms with van der Waals surface area (Å²) in [4.78, 5) is 11.2. The van der Waals surface area contributed by atoms with E-state index in [1.165, 1.54) is 30.3 Å². The molecule has 7 heteroatoms. The summed E-state index contributed by atoms with van der Waals surface area (Å²) in [6.45, 7) is 0. The molecule has 0 spiro atoms. The van der Waals surface area contributed by atoms with E-state index in [0.29, 0.717) is 16.7 Å². The van der Waals surface area contributed by atoms with Gasteiger partial charge in [0.05, 0.1) is 4.90 Å². The standard InChI is InChI=1S/C15H10BrNO4S/c16-11-2-1-3-12(9-11)17-22(19,20)13-5-6-14-10(8-13)4-7-15(18)21-14/h1-9,17H. The first-order valence-electron chi connectivity index (χ1n) is 6.26. The lowest BCUT2D eigenvalue weighted by molar-refractivity contribution is 0.560. The van der Waals surface area contributed by atoms with Crippen molar-refractivity contribution in [2.45, 2.75) is 4.90 Å². The van der Waals surface area contributed by atoms with Crippen molar-refractivity contribution in [2.24, 2.45) is 0 Å². The van der Waals surface area contributed by atoms with E-state index in [4.69, 9.17) is 4.42 Å². The van der Waals surface area contributed by atoms with Gasteiger partial charge in [0.15, 0.2) is 0 Å². The molecule has 0 aliphatic carbocycles. The maximum Gasteiger partial charge on any atom is 0.336 e. The van der Waals surface area contributed by atoms with Crippen LogP contribution in [0.2, 0.25) is 0 Å². The van der Waals surface area contributed by atoms with Gasteiger partial charge in [0, 0.05) is 21.6 Å². The zero-order chi connectivity index (χ0) is 15.7. The molecule has 0 aliphatic rings. The van der Waals surface area contributed by atoms with Crippen LogP contribution >= 0.6 is 15.9 Å². The summed E-state index contributed by atoms with van der Waals surface area (Å²) < 4.78 is 33.1. The Morgan fingerprint density at radius 3 is 2.59 bits per heavy atom. The first kappa shape index (κ1) is 14.8. The van der Waals surface area contributed by atoms with E-state index in [-0.39, 0.29) is 4.90 Å². The van der Waals surface area contributed by atoms with Crippen LogP contribution in [0.15, 0.2) is 73.2 Å². The SMILES string of the molecule is O=c1ccc2cc(S(=O)(=O)Nc3cccc(Br)c3)ccc2o1. The maximum atomic E-state index is 12.4. The second-order valence-electron chi connectivity index (χ2n) is 4.57. The zero-order valence-electron chi connectivity index (χ0n) is 11.1. The molecular formula is C15H10BrNO4S. The molecule has 1 heterocycles. The van der Waals surface area contributed by atoms with Crippen molar-refractivity contribution in [1.29, 1.82) is 0 Å². The largest absolute Gasteiger partial charge is 0.423 e. The Labute approximate surface area is 134 Å². The van der Waals surface area contributed by atoms with Crippen LogP contribution in [-0.4, -0.2) is 8.42 Å². The molecule has 1 N–H and O–H groups in total. The smallest absolute Gasteiger partial charge is 0.336 e. The number of fused-ring (bicyclic) bond motifs is 1. The number of hydrogen-bond donors (Lipinski definition) is 1. The van der Waals surface area contributed by atoms with Gasteiger partial charge in [-0.05, 0) is 42.5 Å². The Bertz CT molecular complexity index is 1010. The fraction of sp³-hybridized carbons (Fsp3) is 0. The highest BCUT2D eigenvalue weighted by molar-refractivity contribution is 9.10. The molecule has 22 heavy (non-hydrogen) atoms. The number of benzene rings is 2. The van der Waals surface area contributed by atoms with E-state index >= 15 is 0 Å². The van der Waals surface area contributed by atoms with Crippen molar-refractivity contribution in [3.63, 3.8) is 0 Å². The van der Waals surface area contributed by atoms with E-state index in [0.717, 1.165) is 4.47 Å². The molecule has 0 unspecified atom stereocenters. The number of rotatable bonds is 3. The van der Waals surface area contributed by atoms with Crippen LogP contribution in [-0.2, 0) is 10.0 Å². The molecule has 0 saturated heterocycles. The molecule has 0 fully saturated rings. The molecule has 0 bridgehead atoms.